The minimum Gasteiger partial charge on any atom is -0.355 e. The lowest BCUT2D eigenvalue weighted by atomic mass is 10.2. The maximum atomic E-state index is 11.5. The highest BCUT2D eigenvalue weighted by Gasteiger charge is 2.09. The van der Waals surface area contributed by atoms with Crippen molar-refractivity contribution in [1.29, 1.82) is 0 Å². The molecule has 0 aliphatic rings. The van der Waals surface area contributed by atoms with Crippen molar-refractivity contribution in [1.82, 2.24) is 25.5 Å². The van der Waals surface area contributed by atoms with Gasteiger partial charge < -0.3 is 11.1 Å². The number of nitrogens with one attached hydrogen (secondary N) is 1. The Balaban J connectivity index is 1.75. The maximum absolute atomic E-state index is 11.5. The second kappa shape index (κ2) is 9.39. The standard InChI is InChI=1S/C16H24N6O3S/c1-26(24,25)14-8-6-13(7-9-14)16-19-21-22(20-16)11-5-3-2-4-10-18-15(23)12-17/h6-9H,2-5,10-12,17H2,1H3,(H,18,23). The molecule has 0 unspecified atom stereocenters. The molecule has 0 saturated heterocycles. The lowest BCUT2D eigenvalue weighted by molar-refractivity contribution is -0.119. The molecule has 1 aromatic heterocycles. The zero-order valence-corrected chi connectivity index (χ0v) is 15.6. The second-order valence-corrected chi connectivity index (χ2v) is 7.99. The van der Waals surface area contributed by atoms with Gasteiger partial charge in [0.2, 0.25) is 11.7 Å². The average molecular weight is 380 g/mol. The maximum Gasteiger partial charge on any atom is 0.233 e. The summed E-state index contributed by atoms with van der Waals surface area (Å²) in [6.45, 7) is 1.33. The van der Waals surface area contributed by atoms with Crippen molar-refractivity contribution in [3.05, 3.63) is 24.3 Å². The van der Waals surface area contributed by atoms with E-state index in [0.29, 0.717) is 18.9 Å². The SMILES string of the molecule is CS(=O)(=O)c1ccc(-c2nnn(CCCCCCNC(=O)CN)n2)cc1. The summed E-state index contributed by atoms with van der Waals surface area (Å²) in [6.07, 6.45) is 4.99. The summed E-state index contributed by atoms with van der Waals surface area (Å²) in [4.78, 5) is 12.8. The lowest BCUT2D eigenvalue weighted by Gasteiger charge is -2.03. The van der Waals surface area contributed by atoms with Crippen LogP contribution in [0.5, 0.6) is 0 Å². The fourth-order valence-corrected chi connectivity index (χ4v) is 2.97. The summed E-state index contributed by atoms with van der Waals surface area (Å²) in [6, 6.07) is 6.42. The number of rotatable bonds is 10. The summed E-state index contributed by atoms with van der Waals surface area (Å²) >= 11 is 0. The van der Waals surface area contributed by atoms with E-state index in [1.807, 2.05) is 0 Å². The highest BCUT2D eigenvalue weighted by atomic mass is 32.2. The Kier molecular flexibility index (Phi) is 7.22. The van der Waals surface area contributed by atoms with Gasteiger partial charge in [-0.2, -0.15) is 4.80 Å². The van der Waals surface area contributed by atoms with E-state index in [-0.39, 0.29) is 17.3 Å². The third-order valence-corrected chi connectivity index (χ3v) is 4.91. The Hall–Kier alpha value is -2.33. The number of nitrogens with zero attached hydrogens (tertiary/aromatic N) is 4. The Labute approximate surface area is 152 Å². The van der Waals surface area contributed by atoms with Crippen LogP contribution in [-0.2, 0) is 21.2 Å². The Bertz CT molecular complexity index is 817. The normalized spacial score (nSPS) is 11.5. The average Bonchev–Trinajstić information content (AvgIpc) is 3.09. The van der Waals surface area contributed by atoms with Gasteiger partial charge in [0.15, 0.2) is 9.84 Å². The molecule has 9 nitrogen and oxygen atoms in total. The van der Waals surface area contributed by atoms with Gasteiger partial charge in [0.05, 0.1) is 18.0 Å². The first-order valence-corrected chi connectivity index (χ1v) is 10.3. The number of aromatic nitrogens is 4. The van der Waals surface area contributed by atoms with Crippen LogP contribution in [0.1, 0.15) is 25.7 Å². The van der Waals surface area contributed by atoms with Crippen LogP contribution < -0.4 is 11.1 Å². The summed E-state index contributed by atoms with van der Waals surface area (Å²) in [5.74, 6) is 0.337. The van der Waals surface area contributed by atoms with Crippen LogP contribution in [0.25, 0.3) is 11.4 Å². The van der Waals surface area contributed by atoms with Crippen molar-refractivity contribution in [2.24, 2.45) is 5.73 Å². The van der Waals surface area contributed by atoms with Gasteiger partial charge in [0.25, 0.3) is 0 Å². The Morgan fingerprint density at radius 1 is 1.15 bits per heavy atom. The number of unbranched alkanes of at least 4 members (excludes halogenated alkanes) is 3. The number of benzene rings is 1. The molecule has 2 rings (SSSR count). The zero-order chi connectivity index (χ0) is 19.0. The molecule has 2 aromatic rings. The fraction of sp³-hybridized carbons (Fsp3) is 0.500. The predicted octanol–water partition coefficient (Wildman–Crippen LogP) is 0.379. The van der Waals surface area contributed by atoms with Gasteiger partial charge in [-0.1, -0.05) is 12.8 Å². The highest BCUT2D eigenvalue weighted by Crippen LogP contribution is 2.17. The van der Waals surface area contributed by atoms with Crippen molar-refractivity contribution >= 4 is 15.7 Å². The van der Waals surface area contributed by atoms with Gasteiger partial charge >= 0.3 is 0 Å². The molecule has 1 amide bonds. The molecule has 26 heavy (non-hydrogen) atoms. The van der Waals surface area contributed by atoms with Gasteiger partial charge in [-0.15, -0.1) is 10.2 Å². The summed E-state index contributed by atoms with van der Waals surface area (Å²) in [5.41, 5.74) is 5.93. The molecule has 0 saturated carbocycles. The van der Waals surface area contributed by atoms with Crippen LogP contribution >= 0.6 is 0 Å². The predicted molar refractivity (Wildman–Crippen MR) is 96.9 cm³/mol. The number of aryl methyl sites for hydroxylation is 1. The minimum atomic E-state index is -3.22. The molecule has 3 N–H and O–H groups in total. The van der Waals surface area contributed by atoms with E-state index in [1.165, 1.54) is 23.2 Å². The molecule has 0 atom stereocenters. The van der Waals surface area contributed by atoms with Crippen molar-refractivity contribution in [2.45, 2.75) is 37.1 Å². The first-order valence-electron chi connectivity index (χ1n) is 8.45. The van der Waals surface area contributed by atoms with E-state index < -0.39 is 9.84 Å². The molecule has 0 fully saturated rings. The van der Waals surface area contributed by atoms with Crippen molar-refractivity contribution in [2.75, 3.05) is 19.3 Å². The number of hydrogen-bond acceptors (Lipinski definition) is 7. The number of carbonyl (C=O) groups excluding carboxylic acids is 1. The lowest BCUT2D eigenvalue weighted by Crippen LogP contribution is -2.30. The number of amides is 1. The molecule has 0 aliphatic carbocycles. The van der Waals surface area contributed by atoms with E-state index in [4.69, 9.17) is 5.73 Å². The van der Waals surface area contributed by atoms with Crippen LogP contribution in [0.2, 0.25) is 0 Å². The molecule has 10 heteroatoms. The van der Waals surface area contributed by atoms with E-state index in [9.17, 15) is 13.2 Å². The van der Waals surface area contributed by atoms with Crippen molar-refractivity contribution in [3.63, 3.8) is 0 Å². The third-order valence-electron chi connectivity index (χ3n) is 3.79. The second-order valence-electron chi connectivity index (χ2n) is 5.97. The molecule has 1 heterocycles. The Morgan fingerprint density at radius 3 is 2.50 bits per heavy atom. The smallest absolute Gasteiger partial charge is 0.233 e. The number of sulfone groups is 1. The van der Waals surface area contributed by atoms with Gasteiger partial charge in [-0.05, 0) is 42.3 Å². The van der Waals surface area contributed by atoms with Crippen molar-refractivity contribution < 1.29 is 13.2 Å². The monoisotopic (exact) mass is 380 g/mol. The molecule has 1 aromatic carbocycles. The van der Waals surface area contributed by atoms with Crippen LogP contribution in [0.3, 0.4) is 0 Å². The van der Waals surface area contributed by atoms with Gasteiger partial charge in [-0.25, -0.2) is 8.42 Å². The first-order chi connectivity index (χ1) is 12.4. The third kappa shape index (κ3) is 6.19. The molecule has 0 spiro atoms. The molecular formula is C16H24N6O3S. The largest absolute Gasteiger partial charge is 0.355 e. The highest BCUT2D eigenvalue weighted by molar-refractivity contribution is 7.90. The van der Waals surface area contributed by atoms with Crippen LogP contribution in [0.4, 0.5) is 0 Å². The molecule has 0 radical (unpaired) electrons. The number of hydrogen-bond donors (Lipinski definition) is 2. The van der Waals surface area contributed by atoms with E-state index in [0.717, 1.165) is 31.2 Å². The van der Waals surface area contributed by atoms with E-state index >= 15 is 0 Å². The topological polar surface area (TPSA) is 133 Å². The van der Waals surface area contributed by atoms with Gasteiger partial charge in [0, 0.05) is 18.4 Å². The fourth-order valence-electron chi connectivity index (χ4n) is 2.34. The van der Waals surface area contributed by atoms with Crippen molar-refractivity contribution in [3.8, 4) is 11.4 Å². The molecule has 142 valence electrons. The van der Waals surface area contributed by atoms with E-state index in [2.05, 4.69) is 20.7 Å². The number of nitrogens with two attached hydrogens (primary N) is 1. The molecule has 0 aliphatic heterocycles. The number of carbonyl (C=O) groups is 1. The van der Waals surface area contributed by atoms with E-state index in [1.54, 1.807) is 12.1 Å². The Morgan fingerprint density at radius 2 is 1.85 bits per heavy atom. The molecular weight excluding hydrogens is 356 g/mol. The molecule has 0 bridgehead atoms. The number of tetrazole rings is 1. The van der Waals surface area contributed by atoms with Gasteiger partial charge in [0.1, 0.15) is 0 Å². The zero-order valence-electron chi connectivity index (χ0n) is 14.8. The van der Waals surface area contributed by atoms with Crippen LogP contribution in [-0.4, -0.2) is 53.9 Å². The van der Waals surface area contributed by atoms with Crippen LogP contribution in [0.15, 0.2) is 29.2 Å². The summed E-state index contributed by atoms with van der Waals surface area (Å²) in [5, 5.41) is 15.1. The van der Waals surface area contributed by atoms with Gasteiger partial charge in [-0.3, -0.25) is 4.79 Å². The minimum absolute atomic E-state index is 0.0251. The quantitative estimate of drug-likeness (QED) is 0.569. The summed E-state index contributed by atoms with van der Waals surface area (Å²) < 4.78 is 22.9. The summed E-state index contributed by atoms with van der Waals surface area (Å²) in [7, 11) is -3.22. The first kappa shape index (κ1) is 20.0. The van der Waals surface area contributed by atoms with Crippen LogP contribution in [0, 0.1) is 0 Å².